The summed E-state index contributed by atoms with van der Waals surface area (Å²) >= 11 is 0. The topological polar surface area (TPSA) is 102 Å². The molecule has 11 heteroatoms. The van der Waals surface area contributed by atoms with Crippen LogP contribution in [0, 0.1) is 5.41 Å². The lowest BCUT2D eigenvalue weighted by molar-refractivity contribution is -0.148. The third-order valence-electron chi connectivity index (χ3n) is 8.00. The Labute approximate surface area is 243 Å². The van der Waals surface area contributed by atoms with E-state index in [0.29, 0.717) is 54.3 Å². The molecule has 0 saturated heterocycles. The van der Waals surface area contributed by atoms with Gasteiger partial charge in [-0.15, -0.1) is 0 Å². The number of alkyl halides is 3. The van der Waals surface area contributed by atoms with Crippen molar-refractivity contribution in [3.8, 4) is 5.75 Å². The summed E-state index contributed by atoms with van der Waals surface area (Å²) in [5.41, 5.74) is 1.81. The van der Waals surface area contributed by atoms with Gasteiger partial charge in [-0.3, -0.25) is 9.35 Å². The summed E-state index contributed by atoms with van der Waals surface area (Å²) in [6.45, 7) is 5.36. The number of anilines is 1. The number of fused-ring (bicyclic) bond motifs is 3. The molecule has 2 aliphatic rings. The van der Waals surface area contributed by atoms with Crippen molar-refractivity contribution in [2.24, 2.45) is 5.41 Å². The van der Waals surface area contributed by atoms with Gasteiger partial charge in [0.2, 0.25) is 6.29 Å². The molecule has 0 aliphatic heterocycles. The summed E-state index contributed by atoms with van der Waals surface area (Å²) in [5, 5.41) is 3.66. The number of ether oxygens (including phenoxy) is 2. The number of nitrogens with one attached hydrogen (secondary N) is 1. The molecule has 0 bridgehead atoms. The van der Waals surface area contributed by atoms with Gasteiger partial charge < -0.3 is 14.8 Å². The summed E-state index contributed by atoms with van der Waals surface area (Å²) in [6.07, 6.45) is -1.25. The van der Waals surface area contributed by atoms with Gasteiger partial charge in [-0.2, -0.15) is 21.6 Å². The van der Waals surface area contributed by atoms with E-state index < -0.39 is 45.2 Å². The van der Waals surface area contributed by atoms with E-state index in [2.05, 4.69) is 5.32 Å². The molecule has 0 heterocycles. The largest absolute Gasteiger partial charge is 0.464 e. The zero-order valence-electron chi connectivity index (χ0n) is 23.9. The standard InChI is InChI=1S/C31H34F3NO6S/c1-30(2,3)29(40-4)41-25-16-19-14-18(13-12-17(19)15-24(25)31(32,33)34)28(36)35-26-20-8-5-6-9-22(20)27(42(37,38)39)23-11-7-10-21(23)26/h12-16,29H,5-11H2,1-4H3,(H,35,36)(H,37,38,39). The van der Waals surface area contributed by atoms with Crippen LogP contribution in [0.1, 0.15) is 78.2 Å². The molecule has 3 aromatic rings. The summed E-state index contributed by atoms with van der Waals surface area (Å²) in [5.74, 6) is -0.868. The highest BCUT2D eigenvalue weighted by molar-refractivity contribution is 7.86. The Morgan fingerprint density at radius 3 is 2.07 bits per heavy atom. The van der Waals surface area contributed by atoms with Crippen LogP contribution in [0.4, 0.5) is 18.9 Å². The molecule has 0 aromatic heterocycles. The highest BCUT2D eigenvalue weighted by Crippen LogP contribution is 2.44. The molecule has 1 atom stereocenters. The number of methoxy groups -OCH3 is 1. The first kappa shape index (κ1) is 30.3. The van der Waals surface area contributed by atoms with Gasteiger partial charge in [0.15, 0.2) is 0 Å². The number of rotatable bonds is 6. The molecule has 7 nitrogen and oxygen atoms in total. The van der Waals surface area contributed by atoms with Crippen LogP contribution in [0.5, 0.6) is 5.75 Å². The fraction of sp³-hybridized carbons (Fsp3) is 0.452. The monoisotopic (exact) mass is 605 g/mol. The molecule has 1 amide bonds. The molecule has 2 aliphatic carbocycles. The van der Waals surface area contributed by atoms with E-state index in [0.717, 1.165) is 30.0 Å². The van der Waals surface area contributed by atoms with Crippen LogP contribution in [0.2, 0.25) is 0 Å². The lowest BCUT2D eigenvalue weighted by atomic mass is 9.86. The van der Waals surface area contributed by atoms with Gasteiger partial charge >= 0.3 is 6.18 Å². The lowest BCUT2D eigenvalue weighted by Gasteiger charge is -2.30. The second-order valence-electron chi connectivity index (χ2n) is 12.1. The van der Waals surface area contributed by atoms with Gasteiger partial charge in [-0.1, -0.05) is 26.8 Å². The van der Waals surface area contributed by atoms with E-state index in [1.165, 1.54) is 31.4 Å². The molecule has 2 N–H and O–H groups in total. The van der Waals surface area contributed by atoms with Crippen LogP contribution in [0.3, 0.4) is 0 Å². The van der Waals surface area contributed by atoms with Gasteiger partial charge in [0.1, 0.15) is 10.6 Å². The zero-order chi connectivity index (χ0) is 30.6. The maximum absolute atomic E-state index is 14.0. The predicted molar refractivity (Wildman–Crippen MR) is 153 cm³/mol. The van der Waals surface area contributed by atoms with Crippen LogP contribution >= 0.6 is 0 Å². The lowest BCUT2D eigenvalue weighted by Crippen LogP contribution is -2.34. The minimum atomic E-state index is -4.68. The van der Waals surface area contributed by atoms with Gasteiger partial charge in [-0.25, -0.2) is 0 Å². The van der Waals surface area contributed by atoms with Crippen LogP contribution < -0.4 is 10.1 Å². The quantitative estimate of drug-likeness (QED) is 0.229. The summed E-state index contributed by atoms with van der Waals surface area (Å²) < 4.78 is 87.8. The van der Waals surface area contributed by atoms with Crippen molar-refractivity contribution < 1.29 is 40.4 Å². The van der Waals surface area contributed by atoms with Crippen molar-refractivity contribution >= 4 is 32.5 Å². The Morgan fingerprint density at radius 1 is 0.905 bits per heavy atom. The van der Waals surface area contributed by atoms with Crippen LogP contribution in [-0.2, 0) is 46.7 Å². The van der Waals surface area contributed by atoms with Crippen LogP contribution in [0.15, 0.2) is 35.2 Å². The van der Waals surface area contributed by atoms with Crippen molar-refractivity contribution in [2.45, 2.75) is 83.1 Å². The number of benzene rings is 3. The van der Waals surface area contributed by atoms with Crippen molar-refractivity contribution in [1.29, 1.82) is 0 Å². The first-order valence-corrected chi connectivity index (χ1v) is 15.4. The molecular weight excluding hydrogens is 571 g/mol. The number of carbonyl (C=O) groups is 1. The van der Waals surface area contributed by atoms with E-state index in [-0.39, 0.29) is 15.8 Å². The molecule has 0 spiro atoms. The van der Waals surface area contributed by atoms with Crippen molar-refractivity contribution in [3.63, 3.8) is 0 Å². The van der Waals surface area contributed by atoms with Gasteiger partial charge in [0, 0.05) is 23.8 Å². The van der Waals surface area contributed by atoms with Crippen molar-refractivity contribution in [2.75, 3.05) is 12.4 Å². The Hall–Kier alpha value is -3.15. The second kappa shape index (κ2) is 10.8. The van der Waals surface area contributed by atoms with Crippen molar-refractivity contribution in [3.05, 3.63) is 63.7 Å². The SMILES string of the molecule is COC(Oc1cc2cc(C(=O)Nc3c4c(c(S(=O)(=O)O)c5c3CCC5)CCCC4)ccc2cc1C(F)(F)F)C(C)(C)C. The molecule has 3 aromatic carbocycles. The zero-order valence-corrected chi connectivity index (χ0v) is 24.8. The van der Waals surface area contributed by atoms with E-state index in [9.17, 15) is 30.9 Å². The molecular formula is C31H34F3NO6S. The van der Waals surface area contributed by atoms with E-state index >= 15 is 0 Å². The first-order valence-electron chi connectivity index (χ1n) is 13.9. The van der Waals surface area contributed by atoms with E-state index in [1.54, 1.807) is 20.8 Å². The minimum absolute atomic E-state index is 0.00831. The highest BCUT2D eigenvalue weighted by Gasteiger charge is 2.37. The Morgan fingerprint density at radius 2 is 1.50 bits per heavy atom. The summed E-state index contributed by atoms with van der Waals surface area (Å²) in [6, 6.07) is 6.70. The predicted octanol–water partition coefficient (Wildman–Crippen LogP) is 7.12. The maximum atomic E-state index is 14.0. The van der Waals surface area contributed by atoms with Gasteiger partial charge in [0.25, 0.3) is 16.0 Å². The molecule has 1 unspecified atom stereocenters. The number of carbonyl (C=O) groups excluding carboxylic acids is 1. The summed E-state index contributed by atoms with van der Waals surface area (Å²) in [7, 11) is -3.08. The second-order valence-corrected chi connectivity index (χ2v) is 13.4. The van der Waals surface area contributed by atoms with E-state index in [4.69, 9.17) is 9.47 Å². The fourth-order valence-corrected chi connectivity index (χ4v) is 7.22. The molecule has 0 fully saturated rings. The average Bonchev–Trinajstić information content (AvgIpc) is 3.38. The molecule has 42 heavy (non-hydrogen) atoms. The first-order chi connectivity index (χ1) is 19.6. The minimum Gasteiger partial charge on any atom is -0.464 e. The maximum Gasteiger partial charge on any atom is 0.419 e. The third kappa shape index (κ3) is 5.74. The molecule has 5 rings (SSSR count). The average molecular weight is 606 g/mol. The Balaban J connectivity index is 1.56. The van der Waals surface area contributed by atoms with Crippen LogP contribution in [0.25, 0.3) is 10.8 Å². The number of hydrogen-bond acceptors (Lipinski definition) is 5. The normalized spacial score (nSPS) is 16.2. The van der Waals surface area contributed by atoms with Gasteiger partial charge in [-0.05, 0) is 102 Å². The molecule has 0 saturated carbocycles. The highest BCUT2D eigenvalue weighted by atomic mass is 32.2. The van der Waals surface area contributed by atoms with Crippen LogP contribution in [-0.4, -0.2) is 32.3 Å². The van der Waals surface area contributed by atoms with Crippen molar-refractivity contribution in [1.82, 2.24) is 0 Å². The Kier molecular flexibility index (Phi) is 7.83. The Bertz CT molecular complexity index is 1680. The number of amides is 1. The molecule has 0 radical (unpaired) electrons. The number of hydrogen-bond donors (Lipinski definition) is 2. The fourth-order valence-electron chi connectivity index (χ4n) is 6.15. The van der Waals surface area contributed by atoms with E-state index in [1.807, 2.05) is 0 Å². The summed E-state index contributed by atoms with van der Waals surface area (Å²) in [4.78, 5) is 13.6. The molecule has 226 valence electrons. The number of halogens is 3. The third-order valence-corrected chi connectivity index (χ3v) is 9.00. The smallest absolute Gasteiger partial charge is 0.419 e. The van der Waals surface area contributed by atoms with Gasteiger partial charge in [0.05, 0.1) is 5.56 Å².